The molecule has 0 unspecified atom stereocenters. The molecule has 2 heterocycles. The second kappa shape index (κ2) is 5.00. The van der Waals surface area contributed by atoms with Crippen LogP contribution < -0.4 is 5.36 Å². The minimum atomic E-state index is 0.477. The van der Waals surface area contributed by atoms with Gasteiger partial charge in [-0.3, -0.25) is 4.98 Å². The Hall–Kier alpha value is -3.14. The van der Waals surface area contributed by atoms with Gasteiger partial charge in [0.1, 0.15) is 16.7 Å². The molecule has 4 heteroatoms. The van der Waals surface area contributed by atoms with Crippen LogP contribution in [0.3, 0.4) is 0 Å². The van der Waals surface area contributed by atoms with E-state index >= 15 is 0 Å². The molecule has 0 amide bonds. The third kappa shape index (κ3) is 2.02. The lowest BCUT2D eigenvalue weighted by atomic mass is 10.1. The van der Waals surface area contributed by atoms with Crippen LogP contribution in [0.25, 0.3) is 33.2 Å². The Morgan fingerprint density at radius 2 is 1.77 bits per heavy atom. The number of pyridine rings is 1. The van der Waals surface area contributed by atoms with Crippen molar-refractivity contribution in [3.05, 3.63) is 72.2 Å². The van der Waals surface area contributed by atoms with Crippen molar-refractivity contribution in [3.8, 4) is 11.3 Å². The Bertz CT molecular complexity index is 1050. The summed E-state index contributed by atoms with van der Waals surface area (Å²) in [6, 6.07) is 19.1. The zero-order valence-corrected chi connectivity index (χ0v) is 11.6. The molecule has 1 N–H and O–H groups in total. The number of rotatable bonds is 1. The predicted octanol–water partition coefficient (Wildman–Crippen LogP) is 3.94. The fraction of sp³-hybridized carbons (Fsp3) is 0. The zero-order valence-electron chi connectivity index (χ0n) is 11.6. The second-order valence-electron chi connectivity index (χ2n) is 5.01. The van der Waals surface area contributed by atoms with Gasteiger partial charge in [-0.15, -0.1) is 0 Å². The van der Waals surface area contributed by atoms with Crippen molar-refractivity contribution in [2.45, 2.75) is 0 Å². The standard InChI is InChI=1S/C18H12N2O2/c21-20-16-10-18(22-17-8-4-2-6-14(16)17)13-9-12-5-1-3-7-15(12)19-11-13/h1-11,21H/b20-16+. The highest BCUT2D eigenvalue weighted by Crippen LogP contribution is 2.24. The highest BCUT2D eigenvalue weighted by molar-refractivity contribution is 5.84. The number of aromatic nitrogens is 1. The van der Waals surface area contributed by atoms with E-state index in [1.165, 1.54) is 0 Å². The van der Waals surface area contributed by atoms with Gasteiger partial charge in [0.15, 0.2) is 0 Å². The van der Waals surface area contributed by atoms with Gasteiger partial charge in [-0.2, -0.15) is 0 Å². The van der Waals surface area contributed by atoms with Crippen molar-refractivity contribution in [2.75, 3.05) is 0 Å². The van der Waals surface area contributed by atoms with E-state index in [4.69, 9.17) is 4.42 Å². The van der Waals surface area contributed by atoms with Crippen LogP contribution in [0, 0.1) is 0 Å². The highest BCUT2D eigenvalue weighted by Gasteiger charge is 2.07. The van der Waals surface area contributed by atoms with E-state index in [1.807, 2.05) is 54.6 Å². The van der Waals surface area contributed by atoms with Crippen molar-refractivity contribution in [1.29, 1.82) is 0 Å². The number of para-hydroxylation sites is 2. The maximum atomic E-state index is 9.25. The summed E-state index contributed by atoms with van der Waals surface area (Å²) in [6.07, 6.45) is 1.76. The van der Waals surface area contributed by atoms with Crippen LogP contribution in [-0.2, 0) is 0 Å². The summed E-state index contributed by atoms with van der Waals surface area (Å²) in [6.45, 7) is 0. The maximum absolute atomic E-state index is 9.25. The Balaban J connectivity index is 1.99. The second-order valence-corrected chi connectivity index (χ2v) is 5.01. The minimum Gasteiger partial charge on any atom is -0.456 e. The Labute approximate surface area is 126 Å². The lowest BCUT2D eigenvalue weighted by molar-refractivity contribution is 0.302. The first kappa shape index (κ1) is 12.6. The first-order valence-electron chi connectivity index (χ1n) is 6.91. The molecule has 0 saturated heterocycles. The average Bonchev–Trinajstić information content (AvgIpc) is 2.60. The van der Waals surface area contributed by atoms with Crippen molar-refractivity contribution in [1.82, 2.24) is 4.98 Å². The van der Waals surface area contributed by atoms with Gasteiger partial charge in [0.05, 0.1) is 5.52 Å². The summed E-state index contributed by atoms with van der Waals surface area (Å²) in [5, 5.41) is 14.9. The van der Waals surface area contributed by atoms with Crippen LogP contribution >= 0.6 is 0 Å². The average molecular weight is 288 g/mol. The summed E-state index contributed by atoms with van der Waals surface area (Å²) >= 11 is 0. The third-order valence-electron chi connectivity index (χ3n) is 3.63. The quantitative estimate of drug-likeness (QED) is 0.426. The first-order chi connectivity index (χ1) is 10.8. The summed E-state index contributed by atoms with van der Waals surface area (Å²) in [7, 11) is 0. The molecule has 0 fully saturated rings. The smallest absolute Gasteiger partial charge is 0.138 e. The molecule has 4 rings (SSSR count). The molecule has 0 radical (unpaired) electrons. The van der Waals surface area contributed by atoms with Crippen molar-refractivity contribution in [3.63, 3.8) is 0 Å². The van der Waals surface area contributed by atoms with E-state index in [0.717, 1.165) is 21.9 Å². The topological polar surface area (TPSA) is 58.6 Å². The van der Waals surface area contributed by atoms with Gasteiger partial charge in [-0.1, -0.05) is 35.5 Å². The molecule has 0 bridgehead atoms. The molecule has 2 aromatic carbocycles. The van der Waals surface area contributed by atoms with Crippen LogP contribution in [0.15, 0.2) is 76.4 Å². The minimum absolute atomic E-state index is 0.477. The summed E-state index contributed by atoms with van der Waals surface area (Å²) in [5.41, 5.74) is 2.44. The molecular weight excluding hydrogens is 276 g/mol. The summed E-state index contributed by atoms with van der Waals surface area (Å²) in [5.74, 6) is 0.616. The van der Waals surface area contributed by atoms with Gasteiger partial charge in [0, 0.05) is 28.6 Å². The van der Waals surface area contributed by atoms with Crippen molar-refractivity contribution in [2.24, 2.45) is 5.16 Å². The van der Waals surface area contributed by atoms with E-state index in [1.54, 1.807) is 12.3 Å². The van der Waals surface area contributed by atoms with Gasteiger partial charge in [-0.25, -0.2) is 0 Å². The van der Waals surface area contributed by atoms with E-state index < -0.39 is 0 Å². The highest BCUT2D eigenvalue weighted by atomic mass is 16.4. The van der Waals surface area contributed by atoms with Crippen LogP contribution in [0.4, 0.5) is 0 Å². The molecule has 22 heavy (non-hydrogen) atoms. The number of hydrogen-bond acceptors (Lipinski definition) is 4. The predicted molar refractivity (Wildman–Crippen MR) is 84.3 cm³/mol. The van der Waals surface area contributed by atoms with Crippen LogP contribution in [0.5, 0.6) is 0 Å². The van der Waals surface area contributed by atoms with E-state index in [-0.39, 0.29) is 0 Å². The summed E-state index contributed by atoms with van der Waals surface area (Å²) < 4.78 is 5.93. The molecule has 4 nitrogen and oxygen atoms in total. The van der Waals surface area contributed by atoms with Gasteiger partial charge in [-0.05, 0) is 24.3 Å². The first-order valence-corrected chi connectivity index (χ1v) is 6.91. The largest absolute Gasteiger partial charge is 0.456 e. The van der Waals surface area contributed by atoms with Crippen molar-refractivity contribution < 1.29 is 9.62 Å². The molecule has 0 atom stereocenters. The van der Waals surface area contributed by atoms with Gasteiger partial charge >= 0.3 is 0 Å². The lowest BCUT2D eigenvalue weighted by Gasteiger charge is -2.05. The van der Waals surface area contributed by atoms with Gasteiger partial charge < -0.3 is 9.62 Å². The van der Waals surface area contributed by atoms with E-state index in [0.29, 0.717) is 16.7 Å². The molecule has 0 aliphatic heterocycles. The summed E-state index contributed by atoms with van der Waals surface area (Å²) in [4.78, 5) is 4.44. The van der Waals surface area contributed by atoms with Crippen LogP contribution in [0.2, 0.25) is 0 Å². The molecule has 0 aliphatic rings. The number of hydrogen-bond donors (Lipinski definition) is 1. The van der Waals surface area contributed by atoms with E-state index in [2.05, 4.69) is 10.1 Å². The van der Waals surface area contributed by atoms with Crippen LogP contribution in [0.1, 0.15) is 0 Å². The molecule has 4 aromatic rings. The number of nitrogens with zero attached hydrogens (tertiary/aromatic N) is 2. The molecule has 0 aliphatic carbocycles. The molecule has 0 saturated carbocycles. The normalized spacial score (nSPS) is 12.1. The molecule has 0 spiro atoms. The Morgan fingerprint density at radius 1 is 0.955 bits per heavy atom. The number of benzene rings is 2. The lowest BCUT2D eigenvalue weighted by Crippen LogP contribution is -2.03. The van der Waals surface area contributed by atoms with Gasteiger partial charge in [0.2, 0.25) is 0 Å². The fourth-order valence-electron chi connectivity index (χ4n) is 2.55. The monoisotopic (exact) mass is 288 g/mol. The maximum Gasteiger partial charge on any atom is 0.138 e. The molecule has 2 aromatic heterocycles. The number of fused-ring (bicyclic) bond motifs is 2. The van der Waals surface area contributed by atoms with Crippen molar-refractivity contribution >= 4 is 21.9 Å². The fourth-order valence-corrected chi connectivity index (χ4v) is 2.55. The SMILES string of the molecule is O/N=c1\cc(-c2cnc3ccccc3c2)oc2ccccc12. The Kier molecular flexibility index (Phi) is 2.86. The zero-order chi connectivity index (χ0) is 14.9. The molecular formula is C18H12N2O2. The third-order valence-corrected chi connectivity index (χ3v) is 3.63. The van der Waals surface area contributed by atoms with Crippen LogP contribution in [-0.4, -0.2) is 10.2 Å². The van der Waals surface area contributed by atoms with E-state index in [9.17, 15) is 5.21 Å². The molecule has 106 valence electrons. The Morgan fingerprint density at radius 3 is 2.68 bits per heavy atom. The van der Waals surface area contributed by atoms with Gasteiger partial charge in [0.25, 0.3) is 0 Å².